The summed E-state index contributed by atoms with van der Waals surface area (Å²) in [5.41, 5.74) is -0.262. The molecule has 4 fully saturated rings. The minimum Gasteiger partial charge on any atom is -0.468 e. The Morgan fingerprint density at radius 1 is 0.970 bits per heavy atom. The average molecular weight is 929 g/mol. The van der Waals surface area contributed by atoms with Crippen molar-refractivity contribution in [2.75, 3.05) is 73.4 Å². The number of esters is 3. The largest absolute Gasteiger partial charge is 0.468 e. The number of nitrogens with one attached hydrogen (secondary N) is 1. The second-order valence-electron chi connectivity index (χ2n) is 20.3. The summed E-state index contributed by atoms with van der Waals surface area (Å²) in [5.74, 6) is -1.85. The van der Waals surface area contributed by atoms with Crippen LogP contribution in [-0.4, -0.2) is 158 Å². The third kappa shape index (κ3) is 6.82. The summed E-state index contributed by atoms with van der Waals surface area (Å²) in [6, 6.07) is 5.34. The van der Waals surface area contributed by atoms with E-state index in [0.717, 1.165) is 45.0 Å². The number of fused-ring (bicyclic) bond motifs is 5. The second kappa shape index (κ2) is 17.2. The first kappa shape index (κ1) is 47.1. The number of ether oxygens (including phenoxy) is 4. The number of piperidine rings is 1. The van der Waals surface area contributed by atoms with Crippen molar-refractivity contribution in [2.45, 2.75) is 113 Å². The van der Waals surface area contributed by atoms with Crippen molar-refractivity contribution in [2.24, 2.45) is 28.1 Å². The normalized spacial score (nSPS) is 38.6. The molecule has 3 unspecified atom stereocenters. The number of methoxy groups -OCH3 is 3. The Kier molecular flexibility index (Phi) is 12.3. The Bertz CT molecular complexity index is 2310. The minimum atomic E-state index is -2.30. The summed E-state index contributed by atoms with van der Waals surface area (Å²) in [6.07, 6.45) is 10.3. The van der Waals surface area contributed by atoms with Crippen LogP contribution in [0.2, 0.25) is 0 Å². The van der Waals surface area contributed by atoms with Gasteiger partial charge in [-0.15, -0.1) is 11.8 Å². The first-order valence-electron chi connectivity index (χ1n) is 23.9. The van der Waals surface area contributed by atoms with E-state index >= 15 is 4.79 Å². The number of likely N-dealkylation sites (N-methyl/N-ethyl adjacent to an activating group) is 1. The van der Waals surface area contributed by atoms with Crippen molar-refractivity contribution in [3.8, 4) is 0 Å². The van der Waals surface area contributed by atoms with Gasteiger partial charge in [-0.3, -0.25) is 24.2 Å². The maximum atomic E-state index is 15.7. The maximum Gasteiger partial charge on any atom is 0.344 e. The number of aliphatic hydroxyl groups is 2. The number of hydrogen-bond acceptors (Lipinski definition) is 14. The predicted molar refractivity (Wildman–Crippen MR) is 249 cm³/mol. The standard InChI is InChI=1S/C51H68N4O10S/c1-9-47(60)26-32-27-50(45(58)63-7,37-22-33-12-13-34(66-21-17-52-30(3)56)23-36(33)35(37)14-19-54(28-32)29-47)39-24-38-40(25-41(39)62-6)53(5)43-49(38)16-20-55-18-11-15-48(10-2,42(49)55)44(65-31(4)57)51(43,61)46(59)64-8/h11-13,15,23-25,32,39,41-44,60-61H,9-10,14,16-22,26-29H2,1-8H3,(H,52,56)/t32-,39?,41?,42+,43-,44-,47+,48-,49-,50-,51+/m1/s1. The van der Waals surface area contributed by atoms with Gasteiger partial charge in [0.25, 0.3) is 0 Å². The molecule has 3 aliphatic carbocycles. The molecule has 1 amide bonds. The van der Waals surface area contributed by atoms with Crippen molar-refractivity contribution in [1.29, 1.82) is 0 Å². The number of allylic oxidation sites excluding steroid dienone is 1. The summed E-state index contributed by atoms with van der Waals surface area (Å²) >= 11 is 1.68. The van der Waals surface area contributed by atoms with Crippen LogP contribution in [0, 0.1) is 28.1 Å². The molecule has 358 valence electrons. The van der Waals surface area contributed by atoms with E-state index in [4.69, 9.17) is 18.9 Å². The molecular formula is C51H68N4O10S. The van der Waals surface area contributed by atoms with E-state index in [2.05, 4.69) is 57.6 Å². The number of hydrogen-bond donors (Lipinski definition) is 3. The van der Waals surface area contributed by atoms with Crippen LogP contribution in [-0.2, 0) is 44.5 Å². The predicted octanol–water partition coefficient (Wildman–Crippen LogP) is 4.29. The van der Waals surface area contributed by atoms with Crippen molar-refractivity contribution in [1.82, 2.24) is 20.0 Å². The monoisotopic (exact) mass is 928 g/mol. The lowest BCUT2D eigenvalue weighted by Crippen LogP contribution is -2.79. The van der Waals surface area contributed by atoms with E-state index < -0.39 is 63.6 Å². The molecule has 5 heterocycles. The highest BCUT2D eigenvalue weighted by molar-refractivity contribution is 7.99. The number of rotatable bonds is 11. The molecule has 66 heavy (non-hydrogen) atoms. The van der Waals surface area contributed by atoms with Gasteiger partial charge in [-0.1, -0.05) is 38.1 Å². The van der Waals surface area contributed by atoms with E-state index in [1.165, 1.54) is 28.1 Å². The second-order valence-corrected chi connectivity index (χ2v) is 21.5. The number of benzene rings is 1. The van der Waals surface area contributed by atoms with Crippen LogP contribution in [0.4, 0.5) is 0 Å². The van der Waals surface area contributed by atoms with Crippen LogP contribution in [0.15, 0.2) is 64.2 Å². The molecular weight excluding hydrogens is 861 g/mol. The number of likely N-dealkylation sites (tertiary alicyclic amines) is 1. The van der Waals surface area contributed by atoms with Gasteiger partial charge in [0.2, 0.25) is 11.5 Å². The molecule has 15 heteroatoms. The molecule has 9 rings (SSSR count). The fourth-order valence-corrected chi connectivity index (χ4v) is 15.6. The van der Waals surface area contributed by atoms with Gasteiger partial charge in [-0.25, -0.2) is 4.79 Å². The van der Waals surface area contributed by atoms with Gasteiger partial charge in [-0.2, -0.15) is 0 Å². The lowest BCUT2D eigenvalue weighted by atomic mass is 9.47. The van der Waals surface area contributed by atoms with Gasteiger partial charge >= 0.3 is 17.9 Å². The molecule has 5 aliphatic heterocycles. The van der Waals surface area contributed by atoms with Crippen molar-refractivity contribution in [3.63, 3.8) is 0 Å². The SMILES string of the molecule is CC[C@]1(O)C[C@H]2CN(CCC3=C(Cc4ccc(SCCNC(C)=O)cc43)[C@@](C(=O)OC)(C3C=C4C(=CC3OC)N(C)[C@H]3[C@@](O)(C(=O)OC)[C@H](OC(C)=O)[C@]5(CC)C=CCN6CC[C@]43[C@@H]65)C2)C1. The molecule has 3 saturated heterocycles. The van der Waals surface area contributed by atoms with Gasteiger partial charge in [0.15, 0.2) is 6.10 Å². The molecule has 1 saturated carbocycles. The summed E-state index contributed by atoms with van der Waals surface area (Å²) in [4.78, 5) is 62.8. The summed E-state index contributed by atoms with van der Waals surface area (Å²) in [5, 5.41) is 28.5. The molecule has 2 bridgehead atoms. The van der Waals surface area contributed by atoms with Gasteiger partial charge in [0.1, 0.15) is 0 Å². The minimum absolute atomic E-state index is 0.0630. The van der Waals surface area contributed by atoms with Gasteiger partial charge in [0.05, 0.1) is 37.4 Å². The molecule has 3 N–H and O–H groups in total. The Morgan fingerprint density at radius 2 is 1.74 bits per heavy atom. The summed E-state index contributed by atoms with van der Waals surface area (Å²) < 4.78 is 24.4. The van der Waals surface area contributed by atoms with Crippen molar-refractivity contribution in [3.05, 3.63) is 70.5 Å². The number of nitrogens with zero attached hydrogens (tertiary/aromatic N) is 3. The molecule has 1 aromatic carbocycles. The van der Waals surface area contributed by atoms with Gasteiger partial charge in [-0.05, 0) is 103 Å². The van der Waals surface area contributed by atoms with Crippen LogP contribution in [0.3, 0.4) is 0 Å². The third-order valence-corrected chi connectivity index (χ3v) is 18.2. The first-order valence-corrected chi connectivity index (χ1v) is 24.9. The average Bonchev–Trinajstić information content (AvgIpc) is 3.96. The molecule has 12 atom stereocenters. The zero-order chi connectivity index (χ0) is 47.1. The quantitative estimate of drug-likeness (QED) is 0.0946. The van der Waals surface area contributed by atoms with Crippen LogP contribution < -0.4 is 5.32 Å². The van der Waals surface area contributed by atoms with E-state index in [-0.39, 0.29) is 23.8 Å². The molecule has 8 aliphatic rings. The first-order chi connectivity index (χ1) is 31.5. The zero-order valence-corrected chi connectivity index (χ0v) is 40.6. The number of amides is 1. The van der Waals surface area contributed by atoms with Gasteiger partial charge < -0.3 is 39.4 Å². The van der Waals surface area contributed by atoms with Crippen LogP contribution in [0.5, 0.6) is 0 Å². The summed E-state index contributed by atoms with van der Waals surface area (Å²) in [6.45, 7) is 10.7. The Hall–Kier alpha value is -3.99. The zero-order valence-electron chi connectivity index (χ0n) is 39.8. The van der Waals surface area contributed by atoms with E-state index in [1.54, 1.807) is 18.9 Å². The Labute approximate surface area is 393 Å². The Morgan fingerprint density at radius 3 is 2.42 bits per heavy atom. The molecule has 0 radical (unpaired) electrons. The highest BCUT2D eigenvalue weighted by atomic mass is 32.2. The molecule has 1 aromatic rings. The highest BCUT2D eigenvalue weighted by Crippen LogP contribution is 2.71. The fourth-order valence-electron chi connectivity index (χ4n) is 14.8. The van der Waals surface area contributed by atoms with Crippen molar-refractivity contribution >= 4 is 41.2 Å². The van der Waals surface area contributed by atoms with Crippen molar-refractivity contribution < 1.29 is 48.3 Å². The third-order valence-electron chi connectivity index (χ3n) is 17.2. The van der Waals surface area contributed by atoms with Crippen LogP contribution in [0.1, 0.15) is 77.3 Å². The number of thioether (sulfide) groups is 1. The van der Waals surface area contributed by atoms with E-state index in [9.17, 15) is 24.6 Å². The van der Waals surface area contributed by atoms with E-state index in [0.29, 0.717) is 83.4 Å². The fraction of sp³-hybridized carbons (Fsp3) is 0.647. The highest BCUT2D eigenvalue weighted by Gasteiger charge is 2.81. The molecule has 14 nitrogen and oxygen atoms in total. The lowest BCUT2D eigenvalue weighted by molar-refractivity contribution is -0.243. The van der Waals surface area contributed by atoms with Crippen LogP contribution in [0.25, 0.3) is 5.57 Å². The van der Waals surface area contributed by atoms with Crippen LogP contribution >= 0.6 is 11.8 Å². The van der Waals surface area contributed by atoms with E-state index in [1.807, 2.05) is 25.8 Å². The summed E-state index contributed by atoms with van der Waals surface area (Å²) in [7, 11) is 6.30. The topological polar surface area (TPSA) is 167 Å². The number of carbonyl (C=O) groups excluding carboxylic acids is 4. The molecule has 0 aromatic heterocycles. The lowest BCUT2D eigenvalue weighted by Gasteiger charge is -2.63. The maximum absolute atomic E-state index is 15.7. The molecule has 1 spiro atoms. The van der Waals surface area contributed by atoms with Gasteiger partial charge in [0, 0.05) is 99.9 Å². The Balaban J connectivity index is 1.28. The smallest absolute Gasteiger partial charge is 0.344 e. The number of carbonyl (C=O) groups is 4.